The molecule has 0 spiro atoms. The number of aliphatic carboxylic acids is 1. The quantitative estimate of drug-likeness (QED) is 0.333. The van der Waals surface area contributed by atoms with Gasteiger partial charge in [-0.15, -0.1) is 0 Å². The van der Waals surface area contributed by atoms with Crippen LogP contribution in [0.5, 0.6) is 0 Å². The molecule has 3 aromatic carbocycles. The Labute approximate surface area is 219 Å². The first-order valence-corrected chi connectivity index (χ1v) is 12.5. The maximum Gasteiger partial charge on any atom is 0.320 e. The number of rotatable bonds is 11. The van der Waals surface area contributed by atoms with Crippen LogP contribution in [-0.4, -0.2) is 52.3 Å². The van der Waals surface area contributed by atoms with E-state index in [1.807, 2.05) is 38.1 Å². The summed E-state index contributed by atoms with van der Waals surface area (Å²) >= 11 is 0. The molecule has 0 saturated carbocycles. The van der Waals surface area contributed by atoms with Crippen LogP contribution in [-0.2, 0) is 16.1 Å². The first-order valence-electron chi connectivity index (χ1n) is 12.5. The monoisotopic (exact) mass is 519 g/mol. The molecular formula is C29H30FN3O5. The molecule has 4 rings (SSSR count). The van der Waals surface area contributed by atoms with Crippen LogP contribution in [0.2, 0.25) is 0 Å². The number of carboxylic acid groups (broad SMARTS) is 1. The van der Waals surface area contributed by atoms with Crippen molar-refractivity contribution in [3.63, 3.8) is 0 Å². The number of benzene rings is 3. The molecule has 0 fully saturated rings. The van der Waals surface area contributed by atoms with Gasteiger partial charge >= 0.3 is 5.97 Å². The van der Waals surface area contributed by atoms with Gasteiger partial charge in [-0.25, -0.2) is 4.39 Å². The molecule has 198 valence electrons. The fourth-order valence-corrected chi connectivity index (χ4v) is 4.64. The third-order valence-corrected chi connectivity index (χ3v) is 6.56. The van der Waals surface area contributed by atoms with E-state index < -0.39 is 41.6 Å². The number of carbonyl (C=O) groups is 4. The molecule has 0 radical (unpaired) electrons. The maximum absolute atomic E-state index is 13.5. The molecule has 8 nitrogen and oxygen atoms in total. The van der Waals surface area contributed by atoms with E-state index in [4.69, 9.17) is 0 Å². The molecule has 0 saturated heterocycles. The van der Waals surface area contributed by atoms with E-state index >= 15 is 0 Å². The fourth-order valence-electron chi connectivity index (χ4n) is 4.64. The number of hydrogen-bond donors (Lipinski definition) is 3. The van der Waals surface area contributed by atoms with E-state index in [1.54, 1.807) is 24.3 Å². The maximum atomic E-state index is 13.5. The molecule has 3 N–H and O–H groups in total. The van der Waals surface area contributed by atoms with Crippen molar-refractivity contribution in [2.24, 2.45) is 5.92 Å². The third-order valence-electron chi connectivity index (χ3n) is 6.56. The van der Waals surface area contributed by atoms with Crippen LogP contribution in [0.4, 0.5) is 4.39 Å². The highest BCUT2D eigenvalue weighted by molar-refractivity contribution is 6.23. The Balaban J connectivity index is 1.43. The average Bonchev–Trinajstić information content (AvgIpc) is 3.11. The van der Waals surface area contributed by atoms with Gasteiger partial charge in [0.2, 0.25) is 5.91 Å². The molecule has 9 heteroatoms. The van der Waals surface area contributed by atoms with Gasteiger partial charge in [-0.05, 0) is 59.4 Å². The number of nitrogens with zero attached hydrogens (tertiary/aromatic N) is 1. The van der Waals surface area contributed by atoms with Gasteiger partial charge in [0.15, 0.2) is 0 Å². The van der Waals surface area contributed by atoms with Crippen molar-refractivity contribution in [1.82, 2.24) is 15.5 Å². The largest absolute Gasteiger partial charge is 0.480 e. The van der Waals surface area contributed by atoms with Crippen molar-refractivity contribution < 1.29 is 28.7 Å². The fraction of sp³-hybridized carbons (Fsp3) is 0.310. The minimum atomic E-state index is -1.20. The molecule has 0 aliphatic carbocycles. The second-order valence-electron chi connectivity index (χ2n) is 9.88. The van der Waals surface area contributed by atoms with E-state index in [9.17, 15) is 28.7 Å². The summed E-state index contributed by atoms with van der Waals surface area (Å²) in [6.45, 7) is 3.79. The number of fused-ring (bicyclic) bond motifs is 2. The lowest BCUT2D eigenvalue weighted by molar-refractivity contribution is -0.140. The van der Waals surface area contributed by atoms with Gasteiger partial charge in [0.25, 0.3) is 11.8 Å². The highest BCUT2D eigenvalue weighted by Gasteiger charge is 2.37. The van der Waals surface area contributed by atoms with E-state index in [2.05, 4.69) is 10.6 Å². The Hall–Kier alpha value is -4.11. The Morgan fingerprint density at radius 1 is 0.921 bits per heavy atom. The van der Waals surface area contributed by atoms with Gasteiger partial charge in [-0.3, -0.25) is 29.4 Å². The van der Waals surface area contributed by atoms with Crippen LogP contribution < -0.4 is 10.6 Å². The van der Waals surface area contributed by atoms with Gasteiger partial charge in [0, 0.05) is 13.1 Å². The number of amides is 3. The zero-order chi connectivity index (χ0) is 27.4. The number of carboxylic acids is 1. The van der Waals surface area contributed by atoms with Gasteiger partial charge in [-0.2, -0.15) is 0 Å². The average molecular weight is 520 g/mol. The van der Waals surface area contributed by atoms with Crippen molar-refractivity contribution in [3.05, 3.63) is 83.2 Å². The minimum absolute atomic E-state index is 0.0761. The van der Waals surface area contributed by atoms with E-state index in [1.165, 1.54) is 12.1 Å². The smallest absolute Gasteiger partial charge is 0.320 e. The molecule has 1 aliphatic heterocycles. The number of nitrogens with one attached hydrogen (secondary N) is 2. The molecule has 0 unspecified atom stereocenters. The minimum Gasteiger partial charge on any atom is -0.480 e. The molecule has 2 atom stereocenters. The summed E-state index contributed by atoms with van der Waals surface area (Å²) in [7, 11) is 0. The lowest BCUT2D eigenvalue weighted by Crippen LogP contribution is -2.52. The predicted molar refractivity (Wildman–Crippen MR) is 140 cm³/mol. The summed E-state index contributed by atoms with van der Waals surface area (Å²) in [6.07, 6.45) is 0.282. The van der Waals surface area contributed by atoms with Crippen molar-refractivity contribution in [2.45, 2.75) is 45.3 Å². The Morgan fingerprint density at radius 2 is 1.55 bits per heavy atom. The first kappa shape index (κ1) is 26.9. The van der Waals surface area contributed by atoms with Gasteiger partial charge < -0.3 is 10.4 Å². The van der Waals surface area contributed by atoms with Crippen molar-refractivity contribution >= 4 is 34.5 Å². The van der Waals surface area contributed by atoms with Gasteiger partial charge in [-0.1, -0.05) is 50.2 Å². The van der Waals surface area contributed by atoms with Crippen LogP contribution in [0.15, 0.2) is 60.7 Å². The number of halogens is 1. The summed E-state index contributed by atoms with van der Waals surface area (Å²) in [4.78, 5) is 52.1. The van der Waals surface area contributed by atoms with Crippen molar-refractivity contribution in [3.8, 4) is 0 Å². The van der Waals surface area contributed by atoms with Crippen LogP contribution >= 0.6 is 0 Å². The van der Waals surface area contributed by atoms with Crippen molar-refractivity contribution in [1.29, 1.82) is 0 Å². The molecule has 0 aromatic heterocycles. The van der Waals surface area contributed by atoms with Gasteiger partial charge in [0.1, 0.15) is 11.9 Å². The summed E-state index contributed by atoms with van der Waals surface area (Å²) in [5.74, 6) is -2.88. The standard InChI is InChI=1S/C29H30FN3O5/c1-17(2)12-25(26(34)31-16-18-6-5-9-21(30)13-18)32-24(29(37)38)10-11-33-27(35)22-14-19-7-3-4-8-20(19)15-23(22)28(33)36/h3-9,13-15,17,24-25,32H,10-12,16H2,1-2H3,(H,31,34)(H,37,38)/t24-,25+/m1/s1. The molecule has 1 heterocycles. The molecular weight excluding hydrogens is 489 g/mol. The Bertz CT molecular complexity index is 1340. The summed E-state index contributed by atoms with van der Waals surface area (Å²) in [5, 5.41) is 17.2. The Morgan fingerprint density at radius 3 is 2.11 bits per heavy atom. The molecule has 3 amide bonds. The zero-order valence-corrected chi connectivity index (χ0v) is 21.2. The topological polar surface area (TPSA) is 116 Å². The predicted octanol–water partition coefficient (Wildman–Crippen LogP) is 3.74. The molecule has 3 aromatic rings. The normalized spacial score (nSPS) is 14.6. The second kappa shape index (κ2) is 11.5. The summed E-state index contributed by atoms with van der Waals surface area (Å²) < 4.78 is 13.5. The lowest BCUT2D eigenvalue weighted by atomic mass is 10.0. The number of carbonyl (C=O) groups excluding carboxylic acids is 3. The zero-order valence-electron chi connectivity index (χ0n) is 21.2. The lowest BCUT2D eigenvalue weighted by Gasteiger charge is -2.25. The Kier molecular flexibility index (Phi) is 8.16. The van der Waals surface area contributed by atoms with Gasteiger partial charge in [0.05, 0.1) is 17.2 Å². The van der Waals surface area contributed by atoms with Crippen molar-refractivity contribution in [2.75, 3.05) is 6.54 Å². The van der Waals surface area contributed by atoms with Crippen LogP contribution in [0.3, 0.4) is 0 Å². The number of hydrogen-bond acceptors (Lipinski definition) is 5. The van der Waals surface area contributed by atoms with Crippen LogP contribution in [0.1, 0.15) is 53.0 Å². The molecule has 0 bridgehead atoms. The second-order valence-corrected chi connectivity index (χ2v) is 9.88. The highest BCUT2D eigenvalue weighted by atomic mass is 19.1. The first-order chi connectivity index (χ1) is 18.1. The SMILES string of the molecule is CC(C)C[C@H](N[C@H](CCN1C(=O)c2cc3ccccc3cc2C1=O)C(=O)O)C(=O)NCc1cccc(F)c1. The van der Waals surface area contributed by atoms with Crippen LogP contribution in [0, 0.1) is 11.7 Å². The highest BCUT2D eigenvalue weighted by Crippen LogP contribution is 2.28. The van der Waals surface area contributed by atoms with Crippen LogP contribution in [0.25, 0.3) is 10.8 Å². The number of imide groups is 1. The summed E-state index contributed by atoms with van der Waals surface area (Å²) in [6, 6.07) is 14.6. The van der Waals surface area contributed by atoms with E-state index in [0.717, 1.165) is 15.7 Å². The molecule has 1 aliphatic rings. The van der Waals surface area contributed by atoms with E-state index in [-0.39, 0.29) is 25.4 Å². The summed E-state index contributed by atoms with van der Waals surface area (Å²) in [5.41, 5.74) is 1.17. The van der Waals surface area contributed by atoms with E-state index in [0.29, 0.717) is 23.1 Å². The third kappa shape index (κ3) is 6.06. The molecule has 38 heavy (non-hydrogen) atoms.